The number of nitrogens with zero attached hydrogens (tertiary/aromatic N) is 2. The van der Waals surface area contributed by atoms with Crippen LogP contribution in [0.5, 0.6) is 0 Å². The van der Waals surface area contributed by atoms with Crippen molar-refractivity contribution in [1.82, 2.24) is 14.8 Å². The van der Waals surface area contributed by atoms with Crippen LogP contribution in [0, 0.1) is 12.3 Å². The van der Waals surface area contributed by atoms with Crippen molar-refractivity contribution < 1.29 is 0 Å². The van der Waals surface area contributed by atoms with Gasteiger partial charge in [-0.1, -0.05) is 5.92 Å². The fraction of sp³-hybridized carbons (Fsp3) is 0.333. The van der Waals surface area contributed by atoms with Crippen molar-refractivity contribution in [2.24, 2.45) is 0 Å². The van der Waals surface area contributed by atoms with Crippen LogP contribution in [-0.4, -0.2) is 14.8 Å². The molecule has 4 heteroatoms. The molecule has 0 aliphatic heterocycles. The molecule has 0 radical (unpaired) electrons. The molecule has 0 aromatic carbocycles. The first-order valence-corrected chi connectivity index (χ1v) is 2.83. The lowest BCUT2D eigenvalue weighted by Crippen LogP contribution is -2.18. The molecule has 0 spiro atoms. The van der Waals surface area contributed by atoms with Crippen molar-refractivity contribution in [3.05, 3.63) is 16.8 Å². The molecule has 0 bridgehead atoms. The fourth-order valence-electron chi connectivity index (χ4n) is 0.613. The number of hydrogen-bond acceptors (Lipinski definition) is 2. The van der Waals surface area contributed by atoms with Gasteiger partial charge < -0.3 is 0 Å². The molecular formula is C6H7N3O. The summed E-state index contributed by atoms with van der Waals surface area (Å²) < 4.78 is 1.35. The van der Waals surface area contributed by atoms with E-state index in [9.17, 15) is 4.79 Å². The van der Waals surface area contributed by atoms with Gasteiger partial charge in [-0.3, -0.25) is 4.57 Å². The van der Waals surface area contributed by atoms with Gasteiger partial charge in [0.15, 0.2) is 0 Å². The Hall–Kier alpha value is -1.50. The van der Waals surface area contributed by atoms with E-state index in [0.29, 0.717) is 0 Å². The molecular weight excluding hydrogens is 130 g/mol. The third kappa shape index (κ3) is 0.935. The summed E-state index contributed by atoms with van der Waals surface area (Å²) in [5.74, 6) is 2.41. The maximum atomic E-state index is 10.8. The van der Waals surface area contributed by atoms with Crippen LogP contribution in [0.1, 0.15) is 13.0 Å². The van der Waals surface area contributed by atoms with Gasteiger partial charge in [-0.2, -0.15) is 5.10 Å². The normalized spacial score (nSPS) is 12.4. The minimum atomic E-state index is -0.273. The zero-order valence-electron chi connectivity index (χ0n) is 5.53. The molecule has 1 N–H and O–H groups in total. The second-order valence-electron chi connectivity index (χ2n) is 1.91. The number of aromatic nitrogens is 3. The van der Waals surface area contributed by atoms with E-state index in [4.69, 9.17) is 6.42 Å². The summed E-state index contributed by atoms with van der Waals surface area (Å²) in [6.07, 6.45) is 6.46. The quantitative estimate of drug-likeness (QED) is 0.543. The SMILES string of the molecule is C#CC(C)n1cn[nH]c1=O. The van der Waals surface area contributed by atoms with Gasteiger partial charge in [-0.05, 0) is 6.92 Å². The highest BCUT2D eigenvalue weighted by Gasteiger charge is 2.01. The molecule has 1 rings (SSSR count). The highest BCUT2D eigenvalue weighted by molar-refractivity contribution is 4.95. The molecule has 1 heterocycles. The lowest BCUT2D eigenvalue weighted by molar-refractivity contribution is 0.655. The van der Waals surface area contributed by atoms with Gasteiger partial charge in [-0.15, -0.1) is 6.42 Å². The van der Waals surface area contributed by atoms with E-state index in [1.54, 1.807) is 6.92 Å². The number of nitrogens with one attached hydrogen (secondary N) is 1. The molecule has 1 aromatic rings. The van der Waals surface area contributed by atoms with Gasteiger partial charge in [-0.25, -0.2) is 9.89 Å². The second kappa shape index (κ2) is 2.40. The Morgan fingerprint density at radius 3 is 3.10 bits per heavy atom. The summed E-state index contributed by atoms with van der Waals surface area (Å²) >= 11 is 0. The minimum Gasteiger partial charge on any atom is -0.267 e. The predicted molar refractivity (Wildman–Crippen MR) is 36.4 cm³/mol. The number of terminal acetylenes is 1. The van der Waals surface area contributed by atoms with Crippen molar-refractivity contribution >= 4 is 0 Å². The van der Waals surface area contributed by atoms with E-state index in [-0.39, 0.29) is 11.7 Å². The Morgan fingerprint density at radius 2 is 2.70 bits per heavy atom. The van der Waals surface area contributed by atoms with Crippen LogP contribution in [0.25, 0.3) is 0 Å². The lowest BCUT2D eigenvalue weighted by atomic mass is 10.4. The molecule has 52 valence electrons. The van der Waals surface area contributed by atoms with Crippen molar-refractivity contribution in [2.75, 3.05) is 0 Å². The number of H-pyrrole nitrogens is 1. The van der Waals surface area contributed by atoms with Crippen LogP contribution in [0.4, 0.5) is 0 Å². The van der Waals surface area contributed by atoms with Crippen molar-refractivity contribution in [3.63, 3.8) is 0 Å². The molecule has 1 atom stereocenters. The molecule has 4 nitrogen and oxygen atoms in total. The molecule has 0 saturated carbocycles. The van der Waals surface area contributed by atoms with Crippen molar-refractivity contribution in [1.29, 1.82) is 0 Å². The Kier molecular flexibility index (Phi) is 1.59. The van der Waals surface area contributed by atoms with E-state index in [0.717, 1.165) is 0 Å². The van der Waals surface area contributed by atoms with Gasteiger partial charge in [0.2, 0.25) is 0 Å². The van der Waals surface area contributed by atoms with E-state index < -0.39 is 0 Å². The molecule has 0 amide bonds. The monoisotopic (exact) mass is 137 g/mol. The predicted octanol–water partition coefficient (Wildman–Crippen LogP) is -0.234. The molecule has 1 unspecified atom stereocenters. The summed E-state index contributed by atoms with van der Waals surface area (Å²) in [6, 6.07) is -0.230. The first-order chi connectivity index (χ1) is 4.75. The smallest absolute Gasteiger partial charge is 0.267 e. The zero-order valence-corrected chi connectivity index (χ0v) is 5.53. The minimum absolute atomic E-state index is 0.230. The third-order valence-electron chi connectivity index (χ3n) is 1.24. The van der Waals surface area contributed by atoms with Gasteiger partial charge in [0, 0.05) is 0 Å². The fourth-order valence-corrected chi connectivity index (χ4v) is 0.613. The van der Waals surface area contributed by atoms with Crippen molar-refractivity contribution in [3.8, 4) is 12.3 Å². The molecule has 0 saturated heterocycles. The van der Waals surface area contributed by atoms with Crippen LogP contribution < -0.4 is 5.69 Å². The Morgan fingerprint density at radius 1 is 2.00 bits per heavy atom. The molecule has 0 aliphatic carbocycles. The zero-order chi connectivity index (χ0) is 7.56. The van der Waals surface area contributed by atoms with E-state index >= 15 is 0 Å². The molecule has 0 aliphatic rings. The van der Waals surface area contributed by atoms with E-state index in [2.05, 4.69) is 16.1 Å². The summed E-state index contributed by atoms with van der Waals surface area (Å²) in [5.41, 5.74) is -0.273. The lowest BCUT2D eigenvalue weighted by Gasteiger charge is -1.99. The van der Waals surface area contributed by atoms with Crippen LogP contribution in [0.3, 0.4) is 0 Å². The topological polar surface area (TPSA) is 50.7 Å². The Labute approximate surface area is 57.9 Å². The molecule has 1 aromatic heterocycles. The maximum Gasteiger partial charge on any atom is 0.344 e. The Bertz CT molecular complexity index is 303. The summed E-state index contributed by atoms with van der Waals surface area (Å²) in [4.78, 5) is 10.8. The van der Waals surface area contributed by atoms with Crippen LogP contribution in [-0.2, 0) is 0 Å². The van der Waals surface area contributed by atoms with Crippen LogP contribution >= 0.6 is 0 Å². The first kappa shape index (κ1) is 6.62. The average Bonchev–Trinajstić information content (AvgIpc) is 2.34. The Balaban J connectivity index is 3.08. The van der Waals surface area contributed by atoms with Gasteiger partial charge in [0.25, 0.3) is 0 Å². The van der Waals surface area contributed by atoms with Crippen LogP contribution in [0.15, 0.2) is 11.1 Å². The largest absolute Gasteiger partial charge is 0.344 e. The number of hydrogen-bond donors (Lipinski definition) is 1. The van der Waals surface area contributed by atoms with Crippen LogP contribution in [0.2, 0.25) is 0 Å². The highest BCUT2D eigenvalue weighted by Crippen LogP contribution is 1.94. The van der Waals surface area contributed by atoms with Gasteiger partial charge in [0.1, 0.15) is 6.33 Å². The standard InChI is InChI=1S/C6H7N3O/c1-3-5(2)9-4-7-8-6(9)10/h1,4-5H,2H3,(H,8,10). The summed E-state index contributed by atoms with van der Waals surface area (Å²) in [7, 11) is 0. The van der Waals surface area contributed by atoms with Crippen molar-refractivity contribution in [2.45, 2.75) is 13.0 Å². The molecule has 10 heavy (non-hydrogen) atoms. The number of rotatable bonds is 1. The average molecular weight is 137 g/mol. The summed E-state index contributed by atoms with van der Waals surface area (Å²) in [5, 5.41) is 5.77. The first-order valence-electron chi connectivity index (χ1n) is 2.83. The number of aromatic amines is 1. The third-order valence-corrected chi connectivity index (χ3v) is 1.24. The summed E-state index contributed by atoms with van der Waals surface area (Å²) in [6.45, 7) is 1.75. The van der Waals surface area contributed by atoms with E-state index in [1.165, 1.54) is 10.9 Å². The second-order valence-corrected chi connectivity index (χ2v) is 1.91. The maximum absolute atomic E-state index is 10.8. The van der Waals surface area contributed by atoms with Gasteiger partial charge in [0.05, 0.1) is 6.04 Å². The molecule has 0 fully saturated rings. The highest BCUT2D eigenvalue weighted by atomic mass is 16.1. The van der Waals surface area contributed by atoms with E-state index in [1.807, 2.05) is 0 Å². The van der Waals surface area contributed by atoms with Gasteiger partial charge >= 0.3 is 5.69 Å².